The molecule has 0 bridgehead atoms. The van der Waals surface area contributed by atoms with Crippen molar-refractivity contribution >= 4 is 39.7 Å². The van der Waals surface area contributed by atoms with Gasteiger partial charge in [0.25, 0.3) is 0 Å². The van der Waals surface area contributed by atoms with Crippen LogP contribution in [0.2, 0.25) is 0 Å². The monoisotopic (exact) mass is 417 g/mol. The first-order valence-corrected chi connectivity index (χ1v) is 8.20. The molecular formula is C15H11FIO3S-. The second-order valence-electron chi connectivity index (χ2n) is 4.28. The highest BCUT2D eigenvalue weighted by Gasteiger charge is 2.17. The van der Waals surface area contributed by atoms with E-state index in [4.69, 9.17) is 0 Å². The summed E-state index contributed by atoms with van der Waals surface area (Å²) in [5, 5.41) is 8.64. The lowest BCUT2D eigenvalue weighted by atomic mass is 10.1. The Balaban J connectivity index is 2.41. The molecule has 0 aromatic heterocycles. The van der Waals surface area contributed by atoms with E-state index in [1.807, 2.05) is 52.9 Å². The Bertz CT molecular complexity index is 689. The normalized spacial score (nSPS) is 14.2. The molecule has 21 heavy (non-hydrogen) atoms. The fraction of sp³-hybridized carbons (Fsp3) is 0.0667. The quantitative estimate of drug-likeness (QED) is 0.609. The lowest BCUT2D eigenvalue weighted by molar-refractivity contribution is 0.425. The van der Waals surface area contributed by atoms with E-state index in [1.54, 1.807) is 6.08 Å². The molecular weight excluding hydrogens is 406 g/mol. The third-order valence-electron chi connectivity index (χ3n) is 2.83. The van der Waals surface area contributed by atoms with Gasteiger partial charge in [-0.2, -0.15) is 0 Å². The summed E-state index contributed by atoms with van der Waals surface area (Å²) in [5.41, 5.74) is 0.846. The van der Waals surface area contributed by atoms with E-state index in [0.717, 1.165) is 11.6 Å². The zero-order valence-corrected chi connectivity index (χ0v) is 13.7. The minimum Gasteiger partial charge on any atom is -0.772 e. The van der Waals surface area contributed by atoms with Gasteiger partial charge < -0.3 is 9.66 Å². The first-order valence-electron chi connectivity index (χ1n) is 5.98. The van der Waals surface area contributed by atoms with Crippen LogP contribution in [0, 0.1) is 9.39 Å². The molecule has 2 aromatic carbocycles. The fourth-order valence-electron chi connectivity index (χ4n) is 1.84. The molecule has 0 amide bonds. The SMILES string of the molecule is O=S([O-])C(C=Cc1ccccc1)c1cc(I)cc(F)c1O. The van der Waals surface area contributed by atoms with E-state index >= 15 is 0 Å². The predicted octanol–water partition coefficient (Wildman–Crippen LogP) is 3.77. The maximum atomic E-state index is 13.5. The second-order valence-corrected chi connectivity index (χ2v) is 6.55. The molecule has 2 aromatic rings. The van der Waals surface area contributed by atoms with Crippen molar-refractivity contribution in [3.8, 4) is 5.75 Å². The largest absolute Gasteiger partial charge is 0.772 e. The molecule has 0 saturated heterocycles. The molecule has 6 heteroatoms. The number of rotatable bonds is 4. The summed E-state index contributed by atoms with van der Waals surface area (Å²) < 4.78 is 36.9. The summed E-state index contributed by atoms with van der Waals surface area (Å²) in [4.78, 5) is 0. The Labute approximate surface area is 137 Å². The Morgan fingerprint density at radius 1 is 1.29 bits per heavy atom. The average Bonchev–Trinajstić information content (AvgIpc) is 2.45. The Morgan fingerprint density at radius 2 is 1.95 bits per heavy atom. The van der Waals surface area contributed by atoms with Crippen molar-refractivity contribution in [1.82, 2.24) is 0 Å². The van der Waals surface area contributed by atoms with Gasteiger partial charge in [0.15, 0.2) is 11.6 Å². The van der Waals surface area contributed by atoms with Crippen molar-refractivity contribution in [2.45, 2.75) is 5.25 Å². The van der Waals surface area contributed by atoms with Crippen LogP contribution >= 0.6 is 22.6 Å². The van der Waals surface area contributed by atoms with E-state index in [0.29, 0.717) is 3.57 Å². The zero-order valence-electron chi connectivity index (χ0n) is 10.7. The Hall–Kier alpha value is -1.25. The van der Waals surface area contributed by atoms with Gasteiger partial charge in [-0.15, -0.1) is 0 Å². The van der Waals surface area contributed by atoms with Crippen LogP contribution in [0.5, 0.6) is 5.75 Å². The van der Waals surface area contributed by atoms with Gasteiger partial charge >= 0.3 is 0 Å². The smallest absolute Gasteiger partial charge is 0.166 e. The van der Waals surface area contributed by atoms with Crippen molar-refractivity contribution in [2.75, 3.05) is 0 Å². The molecule has 0 aliphatic carbocycles. The number of phenols is 1. The van der Waals surface area contributed by atoms with Crippen molar-refractivity contribution < 1.29 is 18.3 Å². The van der Waals surface area contributed by atoms with E-state index in [2.05, 4.69) is 0 Å². The molecule has 3 nitrogen and oxygen atoms in total. The van der Waals surface area contributed by atoms with Crippen molar-refractivity contribution in [1.29, 1.82) is 0 Å². The van der Waals surface area contributed by atoms with Crippen molar-refractivity contribution in [2.24, 2.45) is 0 Å². The molecule has 0 saturated carbocycles. The van der Waals surface area contributed by atoms with Crippen molar-refractivity contribution in [3.63, 3.8) is 0 Å². The molecule has 0 spiro atoms. The van der Waals surface area contributed by atoms with E-state index in [1.165, 1.54) is 12.1 Å². The topological polar surface area (TPSA) is 60.4 Å². The van der Waals surface area contributed by atoms with Crippen LogP contribution in [-0.4, -0.2) is 13.9 Å². The highest BCUT2D eigenvalue weighted by atomic mass is 127. The summed E-state index contributed by atoms with van der Waals surface area (Å²) in [6.45, 7) is 0. The number of phenolic OH excluding ortho intramolecular Hbond substituents is 1. The third-order valence-corrected chi connectivity index (χ3v) is 4.28. The number of aromatic hydroxyl groups is 1. The number of hydrogen-bond donors (Lipinski definition) is 1. The van der Waals surface area contributed by atoms with Crippen LogP contribution in [0.4, 0.5) is 4.39 Å². The average molecular weight is 417 g/mol. The highest BCUT2D eigenvalue weighted by Crippen LogP contribution is 2.33. The maximum absolute atomic E-state index is 13.5. The summed E-state index contributed by atoms with van der Waals surface area (Å²) in [7, 11) is 0. The van der Waals surface area contributed by atoms with Crippen LogP contribution in [0.3, 0.4) is 0 Å². The molecule has 0 heterocycles. The number of halogens is 2. The molecule has 0 aliphatic heterocycles. The van der Waals surface area contributed by atoms with Crippen LogP contribution in [0.25, 0.3) is 6.08 Å². The lowest BCUT2D eigenvalue weighted by Gasteiger charge is -2.18. The standard InChI is InChI=1S/C15H12FIO3S/c16-13-9-11(17)8-12(15(13)18)14(21(19)20)7-6-10-4-2-1-3-5-10/h1-9,14,18H,(H,19,20)/p-1. The fourth-order valence-corrected chi connectivity index (χ4v) is 3.04. The molecule has 2 rings (SSSR count). The molecule has 2 atom stereocenters. The van der Waals surface area contributed by atoms with Gasteiger partial charge in [-0.25, -0.2) is 4.39 Å². The van der Waals surface area contributed by atoms with Gasteiger partial charge in [-0.1, -0.05) is 42.5 Å². The summed E-state index contributed by atoms with van der Waals surface area (Å²) in [6.07, 6.45) is 3.04. The summed E-state index contributed by atoms with van der Waals surface area (Å²) in [5.74, 6) is -1.47. The molecule has 110 valence electrons. The van der Waals surface area contributed by atoms with Crippen LogP contribution < -0.4 is 0 Å². The van der Waals surface area contributed by atoms with Gasteiger partial charge in [-0.3, -0.25) is 4.21 Å². The van der Waals surface area contributed by atoms with E-state index in [-0.39, 0.29) is 5.56 Å². The first kappa shape index (κ1) is 16.1. The first-order chi connectivity index (χ1) is 9.99. The molecule has 0 radical (unpaired) electrons. The number of benzene rings is 2. The van der Waals surface area contributed by atoms with Crippen LogP contribution in [0.1, 0.15) is 16.4 Å². The van der Waals surface area contributed by atoms with E-state index in [9.17, 15) is 18.3 Å². The molecule has 0 fully saturated rings. The highest BCUT2D eigenvalue weighted by molar-refractivity contribution is 14.1. The van der Waals surface area contributed by atoms with Crippen molar-refractivity contribution in [3.05, 3.63) is 69.1 Å². The van der Waals surface area contributed by atoms with Gasteiger partial charge in [0.2, 0.25) is 0 Å². The Morgan fingerprint density at radius 3 is 2.57 bits per heavy atom. The van der Waals surface area contributed by atoms with Gasteiger partial charge in [0.1, 0.15) is 0 Å². The number of hydrogen-bond acceptors (Lipinski definition) is 3. The maximum Gasteiger partial charge on any atom is 0.166 e. The molecule has 0 aliphatic rings. The second kappa shape index (κ2) is 7.15. The molecule has 1 N–H and O–H groups in total. The zero-order chi connectivity index (χ0) is 15.4. The van der Waals surface area contributed by atoms with Gasteiger partial charge in [0, 0.05) is 9.13 Å². The summed E-state index contributed by atoms with van der Waals surface area (Å²) >= 11 is -0.653. The van der Waals surface area contributed by atoms with Gasteiger partial charge in [0.05, 0.1) is 5.25 Å². The summed E-state index contributed by atoms with van der Waals surface area (Å²) in [6, 6.07) is 11.7. The predicted molar refractivity (Wildman–Crippen MR) is 87.9 cm³/mol. The minimum absolute atomic E-state index is 0.0277. The van der Waals surface area contributed by atoms with E-state index < -0.39 is 27.9 Å². The minimum atomic E-state index is -2.52. The van der Waals surface area contributed by atoms with Crippen LogP contribution in [-0.2, 0) is 11.1 Å². The molecule has 2 unspecified atom stereocenters. The van der Waals surface area contributed by atoms with Crippen LogP contribution in [0.15, 0.2) is 48.5 Å². The lowest BCUT2D eigenvalue weighted by Crippen LogP contribution is -2.04. The Kier molecular flexibility index (Phi) is 5.49. The van der Waals surface area contributed by atoms with Gasteiger partial charge in [-0.05, 0) is 51.4 Å². The third kappa shape index (κ3) is 4.12.